The number of carbonyl (C=O) groups excluding carboxylic acids is 1. The Hall–Kier alpha value is -3.81. The molecule has 8 heteroatoms. The molecule has 7 nitrogen and oxygen atoms in total. The Kier molecular flexibility index (Phi) is 5.14. The van der Waals surface area contributed by atoms with Crippen LogP contribution in [0.3, 0.4) is 0 Å². The molecule has 0 fully saturated rings. The van der Waals surface area contributed by atoms with Gasteiger partial charge in [0.25, 0.3) is 0 Å². The van der Waals surface area contributed by atoms with Crippen LogP contribution >= 0.6 is 0 Å². The molecule has 0 saturated carbocycles. The van der Waals surface area contributed by atoms with Gasteiger partial charge in [-0.05, 0) is 43.7 Å². The second-order valence-electron chi connectivity index (χ2n) is 7.23. The molecule has 0 saturated heterocycles. The molecular weight excluding hydrogens is 401 g/mol. The van der Waals surface area contributed by atoms with Gasteiger partial charge in [0.2, 0.25) is 5.88 Å². The van der Waals surface area contributed by atoms with Crippen molar-refractivity contribution in [3.05, 3.63) is 59.7 Å². The normalized spacial score (nSPS) is 11.2. The quantitative estimate of drug-likeness (QED) is 0.497. The van der Waals surface area contributed by atoms with Crippen LogP contribution in [0.25, 0.3) is 21.7 Å². The van der Waals surface area contributed by atoms with E-state index in [9.17, 15) is 19.4 Å². The smallest absolute Gasteiger partial charge is 0.414 e. The Bertz CT molecular complexity index is 1300. The van der Waals surface area contributed by atoms with Gasteiger partial charge in [0.1, 0.15) is 11.3 Å². The summed E-state index contributed by atoms with van der Waals surface area (Å²) in [6.07, 6.45) is 0.964. The van der Waals surface area contributed by atoms with E-state index in [-0.39, 0.29) is 41.5 Å². The number of hydrogen-bond donors (Lipinski definition) is 2. The van der Waals surface area contributed by atoms with Crippen LogP contribution in [0.2, 0.25) is 0 Å². The monoisotopic (exact) mass is 423 g/mol. The molecule has 1 amide bonds. The molecule has 0 bridgehead atoms. The van der Waals surface area contributed by atoms with E-state index >= 15 is 0 Å². The zero-order chi connectivity index (χ0) is 22.3. The lowest BCUT2D eigenvalue weighted by molar-refractivity contribution is 0.161. The van der Waals surface area contributed by atoms with Gasteiger partial charge in [-0.15, -0.1) is 0 Å². The number of aryl methyl sites for hydroxylation is 1. The lowest BCUT2D eigenvalue weighted by Crippen LogP contribution is -2.27. The molecule has 2 heterocycles. The number of phenolic OH excluding ortho intramolecular Hbond substituents is 1. The number of fused-ring (bicyclic) bond motifs is 2. The zero-order valence-corrected chi connectivity index (χ0v) is 17.4. The maximum Gasteiger partial charge on any atom is 0.414 e. The third kappa shape index (κ3) is 3.30. The molecular formula is C23H22FN3O4. The summed E-state index contributed by atoms with van der Waals surface area (Å²) in [6.45, 7) is 3.96. The maximum atomic E-state index is 13.3. The van der Waals surface area contributed by atoms with Crippen LogP contribution in [-0.2, 0) is 11.3 Å². The second-order valence-corrected chi connectivity index (χ2v) is 7.23. The highest BCUT2D eigenvalue weighted by Gasteiger charge is 2.28. The number of amides is 1. The van der Waals surface area contributed by atoms with E-state index in [1.807, 2.05) is 0 Å². The van der Waals surface area contributed by atoms with Gasteiger partial charge in [-0.1, -0.05) is 12.1 Å². The Morgan fingerprint density at radius 1 is 1.19 bits per heavy atom. The Morgan fingerprint density at radius 3 is 2.58 bits per heavy atom. The van der Waals surface area contributed by atoms with Crippen LogP contribution in [0, 0.1) is 12.7 Å². The molecule has 4 aromatic rings. The molecule has 0 aliphatic heterocycles. The number of aromatic hydroxyl groups is 2. The fourth-order valence-corrected chi connectivity index (χ4v) is 3.90. The molecule has 0 atom stereocenters. The maximum absolute atomic E-state index is 13.3. The number of anilines is 1. The number of phenols is 1. The van der Waals surface area contributed by atoms with Gasteiger partial charge in [0, 0.05) is 29.7 Å². The molecule has 0 aliphatic carbocycles. The lowest BCUT2D eigenvalue weighted by Gasteiger charge is -2.20. The molecule has 2 N–H and O–H groups in total. The fourth-order valence-electron chi connectivity index (χ4n) is 3.90. The van der Waals surface area contributed by atoms with E-state index in [0.29, 0.717) is 22.2 Å². The van der Waals surface area contributed by atoms with Crippen molar-refractivity contribution in [1.82, 2.24) is 9.55 Å². The van der Waals surface area contributed by atoms with Crippen LogP contribution in [0.4, 0.5) is 14.9 Å². The number of halogens is 1. The molecule has 4 rings (SSSR count). The summed E-state index contributed by atoms with van der Waals surface area (Å²) in [7, 11) is 1.57. The lowest BCUT2D eigenvalue weighted by atomic mass is 10.0. The number of nitrogens with zero attached hydrogens (tertiary/aromatic N) is 3. The standard InChI is InChI=1S/C23H22FN3O4/c1-4-31-23(30)26(3)20-16-6-5-11-25-19(16)21(28)18-17(20)13(2)27(22(18)29)12-14-7-9-15(24)10-8-14/h5-11,28-29H,4,12H2,1-3H3. The minimum Gasteiger partial charge on any atom is -0.505 e. The van der Waals surface area contributed by atoms with Crippen molar-refractivity contribution in [1.29, 1.82) is 0 Å². The van der Waals surface area contributed by atoms with Gasteiger partial charge in [0.05, 0.1) is 24.2 Å². The molecule has 0 unspecified atom stereocenters. The highest BCUT2D eigenvalue weighted by molar-refractivity contribution is 6.20. The van der Waals surface area contributed by atoms with E-state index in [2.05, 4.69) is 4.98 Å². The summed E-state index contributed by atoms with van der Waals surface area (Å²) in [5, 5.41) is 23.2. The molecule has 160 valence electrons. The summed E-state index contributed by atoms with van der Waals surface area (Å²) >= 11 is 0. The molecule has 0 radical (unpaired) electrons. The molecule has 0 aliphatic rings. The highest BCUT2D eigenvalue weighted by Crippen LogP contribution is 2.48. The molecule has 2 aromatic heterocycles. The first-order valence-corrected chi connectivity index (χ1v) is 9.81. The fraction of sp³-hybridized carbons (Fsp3) is 0.217. The van der Waals surface area contributed by atoms with Crippen molar-refractivity contribution in [2.24, 2.45) is 0 Å². The first-order valence-electron chi connectivity index (χ1n) is 9.81. The van der Waals surface area contributed by atoms with E-state index in [1.165, 1.54) is 23.2 Å². The Balaban J connectivity index is 2.03. The number of hydrogen-bond acceptors (Lipinski definition) is 5. The second kappa shape index (κ2) is 7.79. The van der Waals surface area contributed by atoms with Gasteiger partial charge in [-0.25, -0.2) is 9.18 Å². The first kappa shape index (κ1) is 20.5. The molecule has 0 spiro atoms. The van der Waals surface area contributed by atoms with Gasteiger partial charge in [-0.3, -0.25) is 9.88 Å². The van der Waals surface area contributed by atoms with Gasteiger partial charge in [0.15, 0.2) is 5.75 Å². The van der Waals surface area contributed by atoms with Crippen LogP contribution in [0.5, 0.6) is 11.6 Å². The predicted octanol–water partition coefficient (Wildman–Crippen LogP) is 4.69. The van der Waals surface area contributed by atoms with Gasteiger partial charge in [-0.2, -0.15) is 0 Å². The first-order chi connectivity index (χ1) is 14.8. The average Bonchev–Trinajstić information content (AvgIpc) is 3.00. The van der Waals surface area contributed by atoms with Crippen LogP contribution in [0.15, 0.2) is 42.6 Å². The van der Waals surface area contributed by atoms with Crippen molar-refractivity contribution in [2.45, 2.75) is 20.4 Å². The molecule has 2 aromatic carbocycles. The number of pyridine rings is 1. The number of rotatable bonds is 4. The predicted molar refractivity (Wildman–Crippen MR) is 116 cm³/mol. The van der Waals surface area contributed by atoms with Gasteiger partial charge < -0.3 is 19.5 Å². The summed E-state index contributed by atoms with van der Waals surface area (Å²) in [4.78, 5) is 18.2. The Labute approximate surface area is 177 Å². The van der Waals surface area contributed by atoms with Crippen LogP contribution in [-0.4, -0.2) is 39.5 Å². The van der Waals surface area contributed by atoms with Crippen molar-refractivity contribution in [3.63, 3.8) is 0 Å². The van der Waals surface area contributed by atoms with Crippen molar-refractivity contribution >= 4 is 33.5 Å². The summed E-state index contributed by atoms with van der Waals surface area (Å²) in [5.41, 5.74) is 2.13. The van der Waals surface area contributed by atoms with E-state index < -0.39 is 6.09 Å². The minimum absolute atomic E-state index is 0.166. The van der Waals surface area contributed by atoms with E-state index in [1.54, 1.807) is 49.7 Å². The Morgan fingerprint density at radius 2 is 1.90 bits per heavy atom. The summed E-state index contributed by atoms with van der Waals surface area (Å²) < 4.78 is 20.1. The third-order valence-electron chi connectivity index (χ3n) is 5.39. The van der Waals surface area contributed by atoms with Crippen molar-refractivity contribution < 1.29 is 24.1 Å². The van der Waals surface area contributed by atoms with E-state index in [0.717, 1.165) is 5.56 Å². The SMILES string of the molecule is CCOC(=O)N(C)c1c2cccnc2c(O)c2c(O)n(Cc3ccc(F)cc3)c(C)c12. The van der Waals surface area contributed by atoms with Crippen LogP contribution < -0.4 is 4.90 Å². The zero-order valence-electron chi connectivity index (χ0n) is 17.4. The highest BCUT2D eigenvalue weighted by atomic mass is 19.1. The number of ether oxygens (including phenoxy) is 1. The van der Waals surface area contributed by atoms with Crippen molar-refractivity contribution in [3.8, 4) is 11.6 Å². The summed E-state index contributed by atoms with van der Waals surface area (Å²) in [6, 6.07) is 9.41. The third-order valence-corrected chi connectivity index (χ3v) is 5.39. The average molecular weight is 423 g/mol. The number of aromatic nitrogens is 2. The summed E-state index contributed by atoms with van der Waals surface area (Å²) in [5.74, 6) is -0.693. The number of carbonyl (C=O) groups is 1. The number of benzene rings is 2. The van der Waals surface area contributed by atoms with Gasteiger partial charge >= 0.3 is 6.09 Å². The van der Waals surface area contributed by atoms with Crippen LogP contribution in [0.1, 0.15) is 18.2 Å². The largest absolute Gasteiger partial charge is 0.505 e. The van der Waals surface area contributed by atoms with Crippen molar-refractivity contribution in [2.75, 3.05) is 18.6 Å². The molecule has 31 heavy (non-hydrogen) atoms. The topological polar surface area (TPSA) is 87.8 Å². The minimum atomic E-state index is -0.565. The van der Waals surface area contributed by atoms with E-state index in [4.69, 9.17) is 4.74 Å².